The van der Waals surface area contributed by atoms with Crippen molar-refractivity contribution < 1.29 is 0 Å². The Morgan fingerprint density at radius 1 is 1.26 bits per heavy atom. The van der Waals surface area contributed by atoms with Gasteiger partial charge < -0.3 is 16.4 Å². The average molecular weight is 405 g/mol. The molecule has 0 bridgehead atoms. The number of rotatable bonds is 3. The highest BCUT2D eigenvalue weighted by atomic mass is 35.5. The van der Waals surface area contributed by atoms with Gasteiger partial charge in [-0.05, 0) is 44.1 Å². The van der Waals surface area contributed by atoms with E-state index in [2.05, 4.69) is 14.9 Å². The van der Waals surface area contributed by atoms with Crippen molar-refractivity contribution in [3.05, 3.63) is 29.2 Å². The van der Waals surface area contributed by atoms with E-state index in [0.717, 1.165) is 47.4 Å². The summed E-state index contributed by atoms with van der Waals surface area (Å²) in [5.74, 6) is 1.27. The summed E-state index contributed by atoms with van der Waals surface area (Å²) >= 11 is 7.71. The largest absolute Gasteiger partial charge is 0.382 e. The summed E-state index contributed by atoms with van der Waals surface area (Å²) in [5, 5.41) is 1.29. The van der Waals surface area contributed by atoms with Crippen LogP contribution in [0.25, 0.3) is 0 Å². The highest BCUT2D eigenvalue weighted by Gasteiger charge is 2.43. The minimum absolute atomic E-state index is 0.330. The van der Waals surface area contributed by atoms with Crippen molar-refractivity contribution in [3.8, 4) is 0 Å². The maximum Gasteiger partial charge on any atom is 0.147 e. The van der Waals surface area contributed by atoms with Gasteiger partial charge in [0.2, 0.25) is 0 Å². The summed E-state index contributed by atoms with van der Waals surface area (Å²) in [4.78, 5) is 16.6. The van der Waals surface area contributed by atoms with Crippen LogP contribution in [0.3, 0.4) is 0 Å². The van der Waals surface area contributed by atoms with Crippen LogP contribution in [0, 0.1) is 12.3 Å². The predicted molar refractivity (Wildman–Crippen MR) is 110 cm³/mol. The number of pyridine rings is 1. The molecule has 2 aromatic rings. The average Bonchev–Trinajstić information content (AvgIpc) is 3.01. The normalized spacial score (nSPS) is 21.7. The maximum absolute atomic E-state index is 6.40. The molecular formula is C19H25ClN6S. The van der Waals surface area contributed by atoms with E-state index in [1.165, 1.54) is 31.0 Å². The van der Waals surface area contributed by atoms with Gasteiger partial charge in [0, 0.05) is 30.2 Å². The Hall–Kier alpha value is -1.57. The smallest absolute Gasteiger partial charge is 0.147 e. The first kappa shape index (κ1) is 18.8. The van der Waals surface area contributed by atoms with Gasteiger partial charge in [-0.2, -0.15) is 0 Å². The molecule has 3 heterocycles. The Balaban J connectivity index is 1.47. The highest BCUT2D eigenvalue weighted by molar-refractivity contribution is 7.99. The summed E-state index contributed by atoms with van der Waals surface area (Å²) in [6.07, 6.45) is 9.53. The predicted octanol–water partition coefficient (Wildman–Crippen LogP) is 3.66. The molecule has 8 heteroatoms. The van der Waals surface area contributed by atoms with Gasteiger partial charge in [0.1, 0.15) is 16.7 Å². The zero-order chi connectivity index (χ0) is 19.0. The van der Waals surface area contributed by atoms with Crippen molar-refractivity contribution in [2.45, 2.75) is 55.0 Å². The number of hydrogen-bond acceptors (Lipinski definition) is 7. The van der Waals surface area contributed by atoms with Crippen LogP contribution >= 0.6 is 23.4 Å². The second kappa shape index (κ2) is 7.45. The standard InChI is InChI=1S/C19H25ClN6S/c1-12-18(27-13-4-8-23-17(22)16(13)20)24-11-15(25-12)26-9-6-19(7-10-26)5-2-3-14(19)21/h4,8,11,14H,2-3,5-7,9-10,21H2,1H3,(H2,22,23). The zero-order valence-electron chi connectivity index (χ0n) is 15.5. The second-order valence-corrected chi connectivity index (χ2v) is 8.99. The van der Waals surface area contributed by atoms with Gasteiger partial charge in [-0.1, -0.05) is 29.8 Å². The van der Waals surface area contributed by atoms with Crippen LogP contribution in [0.15, 0.2) is 28.4 Å². The third-order valence-corrected chi connectivity index (χ3v) is 7.70. The monoisotopic (exact) mass is 404 g/mol. The lowest BCUT2D eigenvalue weighted by atomic mass is 9.74. The van der Waals surface area contributed by atoms with Crippen LogP contribution in [-0.4, -0.2) is 34.1 Å². The zero-order valence-corrected chi connectivity index (χ0v) is 17.1. The summed E-state index contributed by atoms with van der Waals surface area (Å²) in [7, 11) is 0. The van der Waals surface area contributed by atoms with E-state index in [9.17, 15) is 0 Å². The highest BCUT2D eigenvalue weighted by Crippen LogP contribution is 2.46. The molecule has 1 spiro atoms. The number of anilines is 2. The SMILES string of the molecule is Cc1nc(N2CCC3(CCCC3N)CC2)cnc1Sc1ccnc(N)c1Cl. The molecule has 1 unspecified atom stereocenters. The Morgan fingerprint density at radius 3 is 2.70 bits per heavy atom. The van der Waals surface area contributed by atoms with Crippen molar-refractivity contribution in [1.82, 2.24) is 15.0 Å². The van der Waals surface area contributed by atoms with Crippen molar-refractivity contribution >= 4 is 35.0 Å². The summed E-state index contributed by atoms with van der Waals surface area (Å²) in [5.41, 5.74) is 13.4. The molecule has 1 saturated carbocycles. The van der Waals surface area contributed by atoms with Crippen molar-refractivity contribution in [2.75, 3.05) is 23.7 Å². The van der Waals surface area contributed by atoms with Gasteiger partial charge in [0.05, 0.1) is 16.9 Å². The van der Waals surface area contributed by atoms with Crippen LogP contribution in [-0.2, 0) is 0 Å². The summed E-state index contributed by atoms with van der Waals surface area (Å²) in [6, 6.07) is 2.21. The third kappa shape index (κ3) is 3.60. The Kier molecular flexibility index (Phi) is 5.18. The van der Waals surface area contributed by atoms with Crippen LogP contribution in [0.4, 0.5) is 11.6 Å². The van der Waals surface area contributed by atoms with E-state index in [1.54, 1.807) is 6.20 Å². The van der Waals surface area contributed by atoms with Crippen molar-refractivity contribution in [3.63, 3.8) is 0 Å². The van der Waals surface area contributed by atoms with Crippen LogP contribution < -0.4 is 16.4 Å². The fourth-order valence-electron chi connectivity index (χ4n) is 4.30. The molecule has 1 atom stereocenters. The summed E-state index contributed by atoms with van der Waals surface area (Å²) in [6.45, 7) is 3.98. The van der Waals surface area contributed by atoms with Crippen molar-refractivity contribution in [1.29, 1.82) is 0 Å². The number of hydrogen-bond donors (Lipinski definition) is 2. The molecule has 144 valence electrons. The molecule has 27 heavy (non-hydrogen) atoms. The van der Waals surface area contributed by atoms with E-state index >= 15 is 0 Å². The Morgan fingerprint density at radius 2 is 2.04 bits per heavy atom. The number of nitrogens with zero attached hydrogens (tertiary/aromatic N) is 4. The van der Waals surface area contributed by atoms with Gasteiger partial charge in [-0.15, -0.1) is 0 Å². The fourth-order valence-corrected chi connectivity index (χ4v) is 5.36. The second-order valence-electron chi connectivity index (χ2n) is 7.58. The lowest BCUT2D eigenvalue weighted by molar-refractivity contribution is 0.197. The minimum Gasteiger partial charge on any atom is -0.382 e. The molecule has 1 saturated heterocycles. The fraction of sp³-hybridized carbons (Fsp3) is 0.526. The molecule has 2 aromatic heterocycles. The molecule has 4 N–H and O–H groups in total. The van der Waals surface area contributed by atoms with Gasteiger partial charge in [-0.25, -0.2) is 15.0 Å². The van der Waals surface area contributed by atoms with E-state index in [-0.39, 0.29) is 0 Å². The number of nitrogen functional groups attached to an aromatic ring is 1. The topological polar surface area (TPSA) is 94.0 Å². The molecule has 1 aliphatic carbocycles. The third-order valence-electron chi connectivity index (χ3n) is 6.04. The molecule has 2 aliphatic rings. The van der Waals surface area contributed by atoms with Crippen LogP contribution in [0.5, 0.6) is 0 Å². The van der Waals surface area contributed by atoms with Gasteiger partial charge in [-0.3, -0.25) is 0 Å². The number of aryl methyl sites for hydroxylation is 1. The molecular weight excluding hydrogens is 380 g/mol. The lowest BCUT2D eigenvalue weighted by Crippen LogP contribution is -2.47. The lowest BCUT2D eigenvalue weighted by Gasteiger charge is -2.42. The number of halogens is 1. The number of aromatic nitrogens is 3. The minimum atomic E-state index is 0.330. The molecule has 2 fully saturated rings. The molecule has 0 amide bonds. The van der Waals surface area contributed by atoms with Gasteiger partial charge in [0.25, 0.3) is 0 Å². The van der Waals surface area contributed by atoms with E-state index in [0.29, 0.717) is 22.3 Å². The molecule has 0 radical (unpaired) electrons. The molecule has 4 rings (SSSR count). The van der Waals surface area contributed by atoms with E-state index in [1.807, 2.05) is 19.2 Å². The van der Waals surface area contributed by atoms with Gasteiger partial charge in [0.15, 0.2) is 0 Å². The number of piperidine rings is 1. The first-order valence-corrected chi connectivity index (χ1v) is 10.6. The molecule has 0 aromatic carbocycles. The Bertz CT molecular complexity index is 837. The quantitative estimate of drug-likeness (QED) is 0.805. The Labute approximate surface area is 169 Å². The first-order chi connectivity index (χ1) is 13.0. The van der Waals surface area contributed by atoms with Crippen LogP contribution in [0.2, 0.25) is 5.02 Å². The van der Waals surface area contributed by atoms with E-state index in [4.69, 9.17) is 28.1 Å². The number of nitrogens with two attached hydrogens (primary N) is 2. The maximum atomic E-state index is 6.40. The van der Waals surface area contributed by atoms with Crippen molar-refractivity contribution in [2.24, 2.45) is 11.1 Å². The summed E-state index contributed by atoms with van der Waals surface area (Å²) < 4.78 is 0. The van der Waals surface area contributed by atoms with Crippen LogP contribution in [0.1, 0.15) is 37.8 Å². The molecule has 6 nitrogen and oxygen atoms in total. The van der Waals surface area contributed by atoms with E-state index < -0.39 is 0 Å². The first-order valence-electron chi connectivity index (χ1n) is 9.40. The molecule has 1 aliphatic heterocycles. The van der Waals surface area contributed by atoms with Gasteiger partial charge >= 0.3 is 0 Å².